The number of hydrogen-bond donors (Lipinski definition) is 2. The highest BCUT2D eigenvalue weighted by molar-refractivity contribution is 5.84. The fourth-order valence-electron chi connectivity index (χ4n) is 3.40. The van der Waals surface area contributed by atoms with E-state index in [9.17, 15) is 4.79 Å². The van der Waals surface area contributed by atoms with Crippen LogP contribution in [0.15, 0.2) is 0 Å². The van der Waals surface area contributed by atoms with Crippen LogP contribution in [0.2, 0.25) is 0 Å². The molecule has 3 N–H and O–H groups in total. The van der Waals surface area contributed by atoms with Crippen molar-refractivity contribution in [3.05, 3.63) is 0 Å². The summed E-state index contributed by atoms with van der Waals surface area (Å²) in [5, 5.41) is 3.25. The highest BCUT2D eigenvalue weighted by atomic mass is 16.5. The van der Waals surface area contributed by atoms with Crippen LogP contribution in [0.25, 0.3) is 0 Å². The van der Waals surface area contributed by atoms with Crippen LogP contribution in [0.3, 0.4) is 0 Å². The van der Waals surface area contributed by atoms with Crippen LogP contribution in [0.4, 0.5) is 0 Å². The maximum atomic E-state index is 11.8. The molecule has 124 valence electrons. The van der Waals surface area contributed by atoms with Crippen molar-refractivity contribution < 1.29 is 9.53 Å². The Morgan fingerprint density at radius 3 is 2.43 bits per heavy atom. The second-order valence-corrected chi connectivity index (χ2v) is 7.67. The minimum atomic E-state index is -0.795. The largest absolute Gasteiger partial charge is 0.375 e. The van der Waals surface area contributed by atoms with E-state index in [4.69, 9.17) is 10.5 Å². The number of ether oxygens (including phenoxy) is 1. The first-order chi connectivity index (χ1) is 9.65. The zero-order chi connectivity index (χ0) is 16.2. The summed E-state index contributed by atoms with van der Waals surface area (Å²) in [7, 11) is 0. The summed E-state index contributed by atoms with van der Waals surface area (Å²) in [6.07, 6.45) is 3.81. The lowest BCUT2D eigenvalue weighted by Crippen LogP contribution is -2.59. The summed E-state index contributed by atoms with van der Waals surface area (Å²) >= 11 is 0. The Kier molecular flexibility index (Phi) is 6.67. The first-order valence-corrected chi connectivity index (χ1v) is 8.35. The summed E-state index contributed by atoms with van der Waals surface area (Å²) in [6, 6.07) is 0.192. The smallest absolute Gasteiger partial charge is 0.239 e. The van der Waals surface area contributed by atoms with E-state index in [2.05, 4.69) is 26.1 Å². The van der Waals surface area contributed by atoms with Gasteiger partial charge in [0.15, 0.2) is 0 Å². The zero-order valence-corrected chi connectivity index (χ0v) is 14.6. The van der Waals surface area contributed by atoms with Gasteiger partial charge in [0.25, 0.3) is 0 Å². The first kappa shape index (κ1) is 18.4. The number of carbonyl (C=O) groups is 1. The van der Waals surface area contributed by atoms with Gasteiger partial charge in [0.05, 0.1) is 12.7 Å². The van der Waals surface area contributed by atoms with Gasteiger partial charge in [-0.2, -0.15) is 0 Å². The molecule has 1 amide bonds. The third kappa shape index (κ3) is 5.26. The molecule has 0 aromatic carbocycles. The molecule has 0 spiro atoms. The van der Waals surface area contributed by atoms with Crippen molar-refractivity contribution in [2.24, 2.45) is 23.5 Å². The fourth-order valence-corrected chi connectivity index (χ4v) is 3.40. The van der Waals surface area contributed by atoms with Crippen LogP contribution >= 0.6 is 0 Å². The van der Waals surface area contributed by atoms with Gasteiger partial charge in [-0.1, -0.05) is 27.2 Å². The summed E-state index contributed by atoms with van der Waals surface area (Å²) in [4.78, 5) is 11.8. The number of hydrogen-bond acceptors (Lipinski definition) is 3. The molecule has 4 heteroatoms. The number of rotatable bonds is 7. The van der Waals surface area contributed by atoms with Gasteiger partial charge in [0, 0.05) is 6.04 Å². The van der Waals surface area contributed by atoms with Crippen LogP contribution < -0.4 is 11.1 Å². The van der Waals surface area contributed by atoms with Gasteiger partial charge in [-0.25, -0.2) is 0 Å². The molecule has 4 unspecified atom stereocenters. The van der Waals surface area contributed by atoms with Gasteiger partial charge in [0.2, 0.25) is 5.91 Å². The van der Waals surface area contributed by atoms with Gasteiger partial charge in [-0.3, -0.25) is 10.1 Å². The highest BCUT2D eigenvalue weighted by Crippen LogP contribution is 2.35. The zero-order valence-electron chi connectivity index (χ0n) is 14.6. The molecule has 1 aliphatic rings. The molecular weight excluding hydrogens is 264 g/mol. The van der Waals surface area contributed by atoms with Crippen molar-refractivity contribution in [3.63, 3.8) is 0 Å². The first-order valence-electron chi connectivity index (χ1n) is 8.35. The third-order valence-corrected chi connectivity index (χ3v) is 4.70. The van der Waals surface area contributed by atoms with Crippen LogP contribution in [0, 0.1) is 17.8 Å². The Morgan fingerprint density at radius 1 is 1.33 bits per heavy atom. The van der Waals surface area contributed by atoms with E-state index < -0.39 is 5.54 Å². The summed E-state index contributed by atoms with van der Waals surface area (Å²) in [5.74, 6) is 1.54. The highest BCUT2D eigenvalue weighted by Gasteiger charge is 2.36. The molecule has 0 aromatic rings. The van der Waals surface area contributed by atoms with E-state index in [0.717, 1.165) is 6.42 Å². The van der Waals surface area contributed by atoms with Gasteiger partial charge in [0.1, 0.15) is 5.54 Å². The Bertz CT molecular complexity index is 344. The SMILES string of the molecule is CC1CCC(C(C)C)C(OCC(C)(NC(C)C)C(N)=O)C1. The van der Waals surface area contributed by atoms with E-state index in [0.29, 0.717) is 24.4 Å². The Balaban J connectivity index is 2.70. The standard InChI is InChI=1S/C17H34N2O2/c1-11(2)14-8-7-13(5)9-15(14)21-10-17(6,16(18)20)19-12(3)4/h11-15,19H,7-10H2,1-6H3,(H2,18,20). The van der Waals surface area contributed by atoms with Crippen molar-refractivity contribution in [1.82, 2.24) is 5.32 Å². The molecule has 1 saturated carbocycles. The average Bonchev–Trinajstić information content (AvgIpc) is 2.35. The minimum absolute atomic E-state index is 0.192. The van der Waals surface area contributed by atoms with E-state index in [-0.39, 0.29) is 18.1 Å². The number of amides is 1. The third-order valence-electron chi connectivity index (χ3n) is 4.70. The van der Waals surface area contributed by atoms with E-state index in [1.807, 2.05) is 20.8 Å². The predicted molar refractivity (Wildman–Crippen MR) is 87.0 cm³/mol. The predicted octanol–water partition coefficient (Wildman–Crippen LogP) is 2.71. The molecule has 21 heavy (non-hydrogen) atoms. The lowest BCUT2D eigenvalue weighted by atomic mass is 9.75. The fraction of sp³-hybridized carbons (Fsp3) is 0.941. The molecule has 4 nitrogen and oxygen atoms in total. The van der Waals surface area contributed by atoms with Crippen molar-refractivity contribution >= 4 is 5.91 Å². The molecule has 0 saturated heterocycles. The Labute approximate surface area is 130 Å². The van der Waals surface area contributed by atoms with Gasteiger partial charge < -0.3 is 10.5 Å². The lowest BCUT2D eigenvalue weighted by Gasteiger charge is -2.39. The molecule has 0 aromatic heterocycles. The normalized spacial score (nSPS) is 29.6. The molecule has 0 bridgehead atoms. The Morgan fingerprint density at radius 2 is 1.95 bits per heavy atom. The molecule has 1 aliphatic carbocycles. The maximum Gasteiger partial charge on any atom is 0.239 e. The molecule has 0 radical (unpaired) electrons. The van der Waals surface area contributed by atoms with Gasteiger partial charge >= 0.3 is 0 Å². The minimum Gasteiger partial charge on any atom is -0.375 e. The van der Waals surface area contributed by atoms with Crippen molar-refractivity contribution in [1.29, 1.82) is 0 Å². The monoisotopic (exact) mass is 298 g/mol. The van der Waals surface area contributed by atoms with Crippen LogP contribution in [-0.2, 0) is 9.53 Å². The summed E-state index contributed by atoms with van der Waals surface area (Å²) < 4.78 is 6.19. The van der Waals surface area contributed by atoms with Gasteiger partial charge in [-0.15, -0.1) is 0 Å². The van der Waals surface area contributed by atoms with Crippen LogP contribution in [0.5, 0.6) is 0 Å². The van der Waals surface area contributed by atoms with Gasteiger partial charge in [-0.05, 0) is 51.4 Å². The summed E-state index contributed by atoms with van der Waals surface area (Å²) in [6.45, 7) is 13.0. The average molecular weight is 298 g/mol. The molecular formula is C17H34N2O2. The van der Waals surface area contributed by atoms with Crippen molar-refractivity contribution in [2.75, 3.05) is 6.61 Å². The molecule has 1 rings (SSSR count). The topological polar surface area (TPSA) is 64.3 Å². The number of primary amides is 1. The van der Waals surface area contributed by atoms with Crippen molar-refractivity contribution in [2.45, 2.75) is 78.5 Å². The number of carbonyl (C=O) groups excluding carboxylic acids is 1. The molecule has 0 heterocycles. The number of nitrogens with two attached hydrogens (primary N) is 1. The van der Waals surface area contributed by atoms with Crippen LogP contribution in [0.1, 0.15) is 60.8 Å². The molecule has 4 atom stereocenters. The van der Waals surface area contributed by atoms with E-state index >= 15 is 0 Å². The molecule has 0 aliphatic heterocycles. The van der Waals surface area contributed by atoms with Crippen LogP contribution in [-0.4, -0.2) is 30.2 Å². The summed E-state index contributed by atoms with van der Waals surface area (Å²) in [5.41, 5.74) is 4.78. The van der Waals surface area contributed by atoms with E-state index in [1.54, 1.807) is 0 Å². The quantitative estimate of drug-likeness (QED) is 0.759. The second kappa shape index (κ2) is 7.59. The number of nitrogens with one attached hydrogen (secondary N) is 1. The second-order valence-electron chi connectivity index (χ2n) is 7.67. The molecule has 1 fully saturated rings. The maximum absolute atomic E-state index is 11.8. The Hall–Kier alpha value is -0.610. The lowest BCUT2D eigenvalue weighted by molar-refractivity contribution is -0.130. The van der Waals surface area contributed by atoms with E-state index in [1.165, 1.54) is 12.8 Å². The van der Waals surface area contributed by atoms with Crippen molar-refractivity contribution in [3.8, 4) is 0 Å².